The molecule has 1 saturated heterocycles. The van der Waals surface area contributed by atoms with Gasteiger partial charge in [-0.1, -0.05) is 18.2 Å². The molecule has 8 heteroatoms. The topological polar surface area (TPSA) is 54.5 Å². The summed E-state index contributed by atoms with van der Waals surface area (Å²) in [6.07, 6.45) is -2.31. The number of rotatable bonds is 5. The average molecular weight is 361 g/mol. The lowest BCUT2D eigenvalue weighted by Crippen LogP contribution is -2.43. The van der Waals surface area contributed by atoms with Gasteiger partial charge in [0.05, 0.1) is 11.3 Å². The van der Waals surface area contributed by atoms with E-state index in [1.54, 1.807) is 0 Å². The predicted octanol–water partition coefficient (Wildman–Crippen LogP) is 3.12. The molecular weight excluding hydrogens is 343 g/mol. The van der Waals surface area contributed by atoms with Gasteiger partial charge >= 0.3 is 6.18 Å². The molecule has 0 bridgehead atoms. The molecule has 0 amide bonds. The van der Waals surface area contributed by atoms with Gasteiger partial charge in [-0.15, -0.1) is 6.58 Å². The molecule has 0 saturated carbocycles. The van der Waals surface area contributed by atoms with Gasteiger partial charge in [0.25, 0.3) is 0 Å². The fourth-order valence-corrected chi connectivity index (χ4v) is 4.07. The van der Waals surface area contributed by atoms with Crippen molar-refractivity contribution >= 4 is 15.8 Å². The standard InChI is InChI=1S/C16H18F3NO3S/c1-2-9-24(22,23)20-8-4-6-13(11-20)15(21)12-5-3-7-14(10-12)16(17,18)19/h2-3,5,7,10,13H,1,4,6,8-9,11H2/t13-/m0/s1. The van der Waals surface area contributed by atoms with Crippen LogP contribution in [0.25, 0.3) is 0 Å². The van der Waals surface area contributed by atoms with Crippen molar-refractivity contribution < 1.29 is 26.4 Å². The molecule has 1 aromatic rings. The average Bonchev–Trinajstić information content (AvgIpc) is 2.53. The van der Waals surface area contributed by atoms with Crippen LogP contribution >= 0.6 is 0 Å². The molecule has 1 atom stereocenters. The smallest absolute Gasteiger partial charge is 0.294 e. The Morgan fingerprint density at radius 2 is 2.08 bits per heavy atom. The first kappa shape index (κ1) is 18.7. The van der Waals surface area contributed by atoms with Gasteiger partial charge < -0.3 is 0 Å². The molecule has 1 aromatic carbocycles. The maximum absolute atomic E-state index is 12.8. The van der Waals surface area contributed by atoms with Crippen LogP contribution in [-0.2, 0) is 16.2 Å². The lowest BCUT2D eigenvalue weighted by Gasteiger charge is -2.31. The lowest BCUT2D eigenvalue weighted by molar-refractivity contribution is -0.137. The van der Waals surface area contributed by atoms with Gasteiger partial charge in [-0.25, -0.2) is 12.7 Å². The minimum Gasteiger partial charge on any atom is -0.294 e. The van der Waals surface area contributed by atoms with Gasteiger partial charge in [-0.2, -0.15) is 13.2 Å². The molecule has 132 valence electrons. The molecule has 1 fully saturated rings. The van der Waals surface area contributed by atoms with Crippen molar-refractivity contribution in [2.45, 2.75) is 19.0 Å². The van der Waals surface area contributed by atoms with Crippen molar-refractivity contribution in [2.75, 3.05) is 18.8 Å². The van der Waals surface area contributed by atoms with E-state index in [-0.39, 0.29) is 17.9 Å². The van der Waals surface area contributed by atoms with E-state index in [1.807, 2.05) is 0 Å². The highest BCUT2D eigenvalue weighted by molar-refractivity contribution is 7.89. The van der Waals surface area contributed by atoms with Crippen molar-refractivity contribution in [1.82, 2.24) is 4.31 Å². The Kier molecular flexibility index (Phi) is 5.49. The summed E-state index contributed by atoms with van der Waals surface area (Å²) in [6, 6.07) is 4.23. The highest BCUT2D eigenvalue weighted by Gasteiger charge is 2.34. The quantitative estimate of drug-likeness (QED) is 0.598. The van der Waals surface area contributed by atoms with Crippen molar-refractivity contribution in [1.29, 1.82) is 0 Å². The van der Waals surface area contributed by atoms with Crippen LogP contribution in [0.5, 0.6) is 0 Å². The Morgan fingerprint density at radius 1 is 1.38 bits per heavy atom. The van der Waals surface area contributed by atoms with E-state index < -0.39 is 33.5 Å². The summed E-state index contributed by atoms with van der Waals surface area (Å²) in [5.74, 6) is -1.32. The van der Waals surface area contributed by atoms with Gasteiger partial charge in [-0.05, 0) is 25.0 Å². The number of hydrogen-bond donors (Lipinski definition) is 0. The molecule has 0 aromatic heterocycles. The van der Waals surface area contributed by atoms with Crippen LogP contribution in [0.4, 0.5) is 13.2 Å². The first-order valence-corrected chi connectivity index (χ1v) is 9.06. The molecule has 4 nitrogen and oxygen atoms in total. The molecular formula is C16H18F3NO3S. The van der Waals surface area contributed by atoms with Gasteiger partial charge in [0.2, 0.25) is 10.0 Å². The maximum Gasteiger partial charge on any atom is 0.416 e. The number of alkyl halides is 3. The Hall–Kier alpha value is -1.67. The van der Waals surface area contributed by atoms with Crippen molar-refractivity contribution in [3.63, 3.8) is 0 Å². The summed E-state index contributed by atoms with van der Waals surface area (Å²) >= 11 is 0. The van der Waals surface area contributed by atoms with Crippen LogP contribution in [0.3, 0.4) is 0 Å². The molecule has 0 spiro atoms. The third-order valence-corrected chi connectivity index (χ3v) is 5.73. The van der Waals surface area contributed by atoms with Gasteiger partial charge in [0, 0.05) is 24.6 Å². The van der Waals surface area contributed by atoms with Gasteiger partial charge in [0.1, 0.15) is 0 Å². The highest BCUT2D eigenvalue weighted by atomic mass is 32.2. The van der Waals surface area contributed by atoms with Crippen molar-refractivity contribution in [3.8, 4) is 0 Å². The molecule has 1 aliphatic heterocycles. The molecule has 24 heavy (non-hydrogen) atoms. The third-order valence-electron chi connectivity index (χ3n) is 3.95. The first-order valence-electron chi connectivity index (χ1n) is 7.45. The lowest BCUT2D eigenvalue weighted by atomic mass is 9.90. The number of carbonyl (C=O) groups is 1. The van der Waals surface area contributed by atoms with E-state index in [9.17, 15) is 26.4 Å². The van der Waals surface area contributed by atoms with E-state index in [1.165, 1.54) is 22.5 Å². The number of piperidine rings is 1. The molecule has 1 aliphatic rings. The fourth-order valence-electron chi connectivity index (χ4n) is 2.75. The second-order valence-corrected chi connectivity index (χ2v) is 7.72. The number of halogens is 3. The zero-order valence-corrected chi connectivity index (χ0v) is 13.7. The Morgan fingerprint density at radius 3 is 2.71 bits per heavy atom. The van der Waals surface area contributed by atoms with E-state index in [4.69, 9.17) is 0 Å². The SMILES string of the molecule is C=CCS(=O)(=O)N1CCC[C@H](C(=O)c2cccc(C(F)(F)F)c2)C1. The van der Waals surface area contributed by atoms with Crippen LogP contribution in [0.2, 0.25) is 0 Å². The number of ketones is 1. The number of carbonyl (C=O) groups excluding carboxylic acids is 1. The minimum atomic E-state index is -4.53. The molecule has 1 heterocycles. The largest absolute Gasteiger partial charge is 0.416 e. The number of hydrogen-bond acceptors (Lipinski definition) is 3. The van der Waals surface area contributed by atoms with Crippen LogP contribution in [0, 0.1) is 5.92 Å². The Labute approximate surface area is 139 Å². The summed E-state index contributed by atoms with van der Waals surface area (Å²) in [5.41, 5.74) is -0.932. The zero-order chi connectivity index (χ0) is 18.0. The second-order valence-electron chi connectivity index (χ2n) is 5.71. The van der Waals surface area contributed by atoms with Crippen molar-refractivity contribution in [2.24, 2.45) is 5.92 Å². The van der Waals surface area contributed by atoms with Crippen molar-refractivity contribution in [3.05, 3.63) is 48.0 Å². The van der Waals surface area contributed by atoms with Crippen LogP contribution in [0.15, 0.2) is 36.9 Å². The normalized spacial score (nSPS) is 19.9. The third kappa shape index (κ3) is 4.24. The fraction of sp³-hybridized carbons (Fsp3) is 0.438. The van der Waals surface area contributed by atoms with E-state index in [0.29, 0.717) is 19.4 Å². The minimum absolute atomic E-state index is 0.00868. The molecule has 0 radical (unpaired) electrons. The van der Waals surface area contributed by atoms with E-state index in [0.717, 1.165) is 12.1 Å². The van der Waals surface area contributed by atoms with Crippen LogP contribution in [-0.4, -0.2) is 37.3 Å². The monoisotopic (exact) mass is 361 g/mol. The number of benzene rings is 1. The first-order chi connectivity index (χ1) is 11.1. The summed E-state index contributed by atoms with van der Waals surface area (Å²) in [4.78, 5) is 12.5. The Bertz CT molecular complexity index is 728. The van der Waals surface area contributed by atoms with Crippen LogP contribution < -0.4 is 0 Å². The molecule has 0 unspecified atom stereocenters. The summed E-state index contributed by atoms with van der Waals surface area (Å²) < 4.78 is 63.7. The molecule has 0 N–H and O–H groups in total. The van der Waals surface area contributed by atoms with Crippen LogP contribution in [0.1, 0.15) is 28.8 Å². The summed E-state index contributed by atoms with van der Waals surface area (Å²) in [6.45, 7) is 3.70. The molecule has 2 rings (SSSR count). The summed E-state index contributed by atoms with van der Waals surface area (Å²) in [5, 5.41) is 0. The van der Waals surface area contributed by atoms with E-state index in [2.05, 4.69) is 6.58 Å². The highest BCUT2D eigenvalue weighted by Crippen LogP contribution is 2.31. The van der Waals surface area contributed by atoms with E-state index >= 15 is 0 Å². The Balaban J connectivity index is 2.19. The van der Waals surface area contributed by atoms with Gasteiger partial charge in [-0.3, -0.25) is 4.79 Å². The summed E-state index contributed by atoms with van der Waals surface area (Å²) in [7, 11) is -3.53. The predicted molar refractivity (Wildman–Crippen MR) is 84.1 cm³/mol. The maximum atomic E-state index is 12.8. The number of sulfonamides is 1. The van der Waals surface area contributed by atoms with Gasteiger partial charge in [0.15, 0.2) is 5.78 Å². The zero-order valence-electron chi connectivity index (χ0n) is 12.9. The number of nitrogens with zero attached hydrogens (tertiary/aromatic N) is 1. The number of Topliss-reactive ketones (excluding diaryl/α,β-unsaturated/α-hetero) is 1. The molecule has 0 aliphatic carbocycles. The second kappa shape index (κ2) is 7.06.